The van der Waals surface area contributed by atoms with Crippen molar-refractivity contribution in [2.24, 2.45) is 17.6 Å². The molecule has 0 spiro atoms. The van der Waals surface area contributed by atoms with Gasteiger partial charge < -0.3 is 10.6 Å². The van der Waals surface area contributed by atoms with E-state index >= 15 is 0 Å². The Balaban J connectivity index is 1.78. The van der Waals surface area contributed by atoms with E-state index < -0.39 is 0 Å². The van der Waals surface area contributed by atoms with Crippen LogP contribution >= 0.6 is 0 Å². The van der Waals surface area contributed by atoms with Crippen molar-refractivity contribution < 1.29 is 4.39 Å². The van der Waals surface area contributed by atoms with E-state index in [2.05, 4.69) is 18.7 Å². The fourth-order valence-corrected chi connectivity index (χ4v) is 3.27. The fourth-order valence-electron chi connectivity index (χ4n) is 3.27. The van der Waals surface area contributed by atoms with Gasteiger partial charge in [0.05, 0.1) is 0 Å². The van der Waals surface area contributed by atoms with Crippen LogP contribution in [0.4, 0.5) is 4.39 Å². The molecular formula is C18H29FN2. The van der Waals surface area contributed by atoms with E-state index in [0.717, 1.165) is 30.4 Å². The van der Waals surface area contributed by atoms with Crippen molar-refractivity contribution in [1.82, 2.24) is 4.90 Å². The lowest BCUT2D eigenvalue weighted by molar-refractivity contribution is 0.262. The Hall–Kier alpha value is -0.930. The van der Waals surface area contributed by atoms with Crippen LogP contribution in [0.2, 0.25) is 0 Å². The van der Waals surface area contributed by atoms with Crippen molar-refractivity contribution in [2.45, 2.75) is 45.6 Å². The summed E-state index contributed by atoms with van der Waals surface area (Å²) in [5, 5.41) is 0. The van der Waals surface area contributed by atoms with Gasteiger partial charge in [-0.15, -0.1) is 0 Å². The highest BCUT2D eigenvalue weighted by Crippen LogP contribution is 2.25. The topological polar surface area (TPSA) is 29.3 Å². The third kappa shape index (κ3) is 5.08. The van der Waals surface area contributed by atoms with Crippen molar-refractivity contribution in [2.75, 3.05) is 19.6 Å². The minimum absolute atomic E-state index is 0.00903. The van der Waals surface area contributed by atoms with Gasteiger partial charge in [0, 0.05) is 6.04 Å². The number of likely N-dealkylation sites (tertiary alicyclic amines) is 1. The maximum absolute atomic E-state index is 12.9. The number of hydrogen-bond acceptors (Lipinski definition) is 2. The van der Waals surface area contributed by atoms with Crippen LogP contribution in [0.1, 0.15) is 51.1 Å². The van der Waals surface area contributed by atoms with Crippen LogP contribution < -0.4 is 5.73 Å². The van der Waals surface area contributed by atoms with Crippen LogP contribution in [0.25, 0.3) is 0 Å². The van der Waals surface area contributed by atoms with E-state index in [1.54, 1.807) is 12.1 Å². The van der Waals surface area contributed by atoms with Crippen LogP contribution in [-0.2, 0) is 0 Å². The van der Waals surface area contributed by atoms with Gasteiger partial charge in [0.2, 0.25) is 0 Å². The standard InChI is InChI=1S/C18H29FN2/c1-14(2)15-4-3-11-21(12-9-15)13-10-18(20)16-5-7-17(19)8-6-16/h5-8,14-15,18H,3-4,9-13,20H2,1-2H3. The zero-order chi connectivity index (χ0) is 15.2. The Morgan fingerprint density at radius 3 is 2.57 bits per heavy atom. The van der Waals surface area contributed by atoms with E-state index in [1.165, 1.54) is 44.5 Å². The average molecular weight is 292 g/mol. The first kappa shape index (κ1) is 16.4. The zero-order valence-electron chi connectivity index (χ0n) is 13.4. The van der Waals surface area contributed by atoms with Crippen molar-refractivity contribution >= 4 is 0 Å². The Morgan fingerprint density at radius 2 is 1.90 bits per heavy atom. The summed E-state index contributed by atoms with van der Waals surface area (Å²) in [5.74, 6) is 1.48. The first-order valence-corrected chi connectivity index (χ1v) is 8.29. The third-order valence-electron chi connectivity index (χ3n) is 4.86. The van der Waals surface area contributed by atoms with Gasteiger partial charge in [-0.05, 0) is 74.8 Å². The van der Waals surface area contributed by atoms with E-state index in [0.29, 0.717) is 0 Å². The first-order valence-electron chi connectivity index (χ1n) is 8.29. The molecule has 2 nitrogen and oxygen atoms in total. The molecule has 2 rings (SSSR count). The number of rotatable bonds is 5. The largest absolute Gasteiger partial charge is 0.324 e. The summed E-state index contributed by atoms with van der Waals surface area (Å²) < 4.78 is 12.9. The molecule has 0 aromatic heterocycles. The van der Waals surface area contributed by atoms with Crippen LogP contribution in [0.3, 0.4) is 0 Å². The van der Waals surface area contributed by atoms with E-state index in [1.807, 2.05) is 0 Å². The lowest BCUT2D eigenvalue weighted by Gasteiger charge is -2.23. The molecule has 1 aliphatic rings. The van der Waals surface area contributed by atoms with Gasteiger partial charge in [-0.25, -0.2) is 4.39 Å². The monoisotopic (exact) mass is 292 g/mol. The fraction of sp³-hybridized carbons (Fsp3) is 0.667. The minimum atomic E-state index is -0.196. The summed E-state index contributed by atoms with van der Waals surface area (Å²) >= 11 is 0. The first-order chi connectivity index (χ1) is 10.1. The molecular weight excluding hydrogens is 263 g/mol. The maximum Gasteiger partial charge on any atom is 0.123 e. The third-order valence-corrected chi connectivity index (χ3v) is 4.86. The molecule has 2 N–H and O–H groups in total. The predicted molar refractivity (Wildman–Crippen MR) is 86.6 cm³/mol. The highest BCUT2D eigenvalue weighted by atomic mass is 19.1. The summed E-state index contributed by atoms with van der Waals surface area (Å²) in [6.07, 6.45) is 4.91. The second-order valence-corrected chi connectivity index (χ2v) is 6.72. The van der Waals surface area contributed by atoms with Gasteiger partial charge in [0.15, 0.2) is 0 Å². The summed E-state index contributed by atoms with van der Waals surface area (Å²) in [6.45, 7) is 8.11. The van der Waals surface area contributed by atoms with E-state index in [4.69, 9.17) is 5.73 Å². The normalized spacial score (nSPS) is 22.2. The van der Waals surface area contributed by atoms with Gasteiger partial charge >= 0.3 is 0 Å². The molecule has 0 amide bonds. The SMILES string of the molecule is CC(C)C1CCCN(CCC(N)c2ccc(F)cc2)CC1. The molecule has 1 saturated heterocycles. The number of nitrogens with two attached hydrogens (primary N) is 1. The number of halogens is 1. The second kappa shape index (κ2) is 7.90. The van der Waals surface area contributed by atoms with Crippen molar-refractivity contribution in [3.8, 4) is 0 Å². The van der Waals surface area contributed by atoms with Gasteiger partial charge in [-0.1, -0.05) is 26.0 Å². The molecule has 0 radical (unpaired) electrons. The molecule has 21 heavy (non-hydrogen) atoms. The minimum Gasteiger partial charge on any atom is -0.324 e. The van der Waals surface area contributed by atoms with Gasteiger partial charge in [0.25, 0.3) is 0 Å². The highest BCUT2D eigenvalue weighted by Gasteiger charge is 2.19. The molecule has 1 heterocycles. The average Bonchev–Trinajstić information content (AvgIpc) is 2.71. The van der Waals surface area contributed by atoms with Crippen LogP contribution in [0.15, 0.2) is 24.3 Å². The lowest BCUT2D eigenvalue weighted by atomic mass is 9.89. The van der Waals surface area contributed by atoms with Crippen LogP contribution in [0.5, 0.6) is 0 Å². The molecule has 1 fully saturated rings. The Bertz CT molecular complexity index is 416. The molecule has 3 heteroatoms. The Kier molecular flexibility index (Phi) is 6.19. The van der Waals surface area contributed by atoms with Gasteiger partial charge in [-0.3, -0.25) is 0 Å². The van der Waals surface area contributed by atoms with Gasteiger partial charge in [-0.2, -0.15) is 0 Å². The Morgan fingerprint density at radius 1 is 1.19 bits per heavy atom. The second-order valence-electron chi connectivity index (χ2n) is 6.72. The molecule has 1 aromatic carbocycles. The smallest absolute Gasteiger partial charge is 0.123 e. The molecule has 0 aliphatic carbocycles. The quantitative estimate of drug-likeness (QED) is 0.889. The van der Waals surface area contributed by atoms with Gasteiger partial charge in [0.1, 0.15) is 5.82 Å². The van der Waals surface area contributed by atoms with Crippen molar-refractivity contribution in [3.63, 3.8) is 0 Å². The molecule has 118 valence electrons. The summed E-state index contributed by atoms with van der Waals surface area (Å²) in [6, 6.07) is 6.60. The Labute approximate surface area is 128 Å². The summed E-state index contributed by atoms with van der Waals surface area (Å²) in [4.78, 5) is 2.55. The molecule has 0 saturated carbocycles. The number of nitrogens with zero attached hydrogens (tertiary/aromatic N) is 1. The lowest BCUT2D eigenvalue weighted by Crippen LogP contribution is -2.28. The summed E-state index contributed by atoms with van der Waals surface area (Å²) in [5.41, 5.74) is 7.26. The van der Waals surface area contributed by atoms with E-state index in [-0.39, 0.29) is 11.9 Å². The summed E-state index contributed by atoms with van der Waals surface area (Å²) in [7, 11) is 0. The number of benzene rings is 1. The molecule has 1 aliphatic heterocycles. The van der Waals surface area contributed by atoms with Crippen molar-refractivity contribution in [1.29, 1.82) is 0 Å². The molecule has 1 aromatic rings. The highest BCUT2D eigenvalue weighted by molar-refractivity contribution is 5.19. The molecule has 2 atom stereocenters. The van der Waals surface area contributed by atoms with Crippen molar-refractivity contribution in [3.05, 3.63) is 35.6 Å². The van der Waals surface area contributed by atoms with Crippen LogP contribution in [-0.4, -0.2) is 24.5 Å². The predicted octanol–water partition coefficient (Wildman–Crippen LogP) is 3.97. The maximum atomic E-state index is 12.9. The zero-order valence-corrected chi connectivity index (χ0v) is 13.4. The number of hydrogen-bond donors (Lipinski definition) is 1. The van der Waals surface area contributed by atoms with Crippen LogP contribution in [0, 0.1) is 17.7 Å². The van der Waals surface area contributed by atoms with E-state index in [9.17, 15) is 4.39 Å². The molecule has 0 bridgehead atoms. The molecule has 2 unspecified atom stereocenters.